The van der Waals surface area contributed by atoms with Crippen molar-refractivity contribution in [1.82, 2.24) is 9.21 Å². The lowest BCUT2D eigenvalue weighted by molar-refractivity contribution is -0.133. The third-order valence-electron chi connectivity index (χ3n) is 6.22. The molecule has 33 heavy (non-hydrogen) atoms. The molecule has 1 amide bonds. The van der Waals surface area contributed by atoms with Gasteiger partial charge in [-0.25, -0.2) is 8.42 Å². The fourth-order valence-corrected chi connectivity index (χ4v) is 6.77. The highest BCUT2D eigenvalue weighted by Gasteiger charge is 2.36. The smallest absolute Gasteiger partial charge is 0.243 e. The van der Waals surface area contributed by atoms with Crippen LogP contribution in [0, 0.1) is 6.92 Å². The highest BCUT2D eigenvalue weighted by molar-refractivity contribution is 7.89. The maximum absolute atomic E-state index is 13.7. The lowest BCUT2D eigenvalue weighted by Gasteiger charge is -2.38. The molecule has 0 spiro atoms. The lowest BCUT2D eigenvalue weighted by Crippen LogP contribution is -2.47. The Bertz CT molecular complexity index is 1210. The topological polar surface area (TPSA) is 57.7 Å². The molecule has 7 heteroatoms. The molecule has 0 aliphatic carbocycles. The van der Waals surface area contributed by atoms with Gasteiger partial charge in [0.1, 0.15) is 0 Å². The van der Waals surface area contributed by atoms with Gasteiger partial charge in [0.15, 0.2) is 0 Å². The molecule has 0 bridgehead atoms. The van der Waals surface area contributed by atoms with Gasteiger partial charge in [0.05, 0.1) is 17.5 Å². The number of thiophene rings is 1. The number of sulfonamides is 1. The fraction of sp³-hybridized carbons (Fsp3) is 0.346. The van der Waals surface area contributed by atoms with Crippen LogP contribution >= 0.6 is 11.3 Å². The van der Waals surface area contributed by atoms with Crippen molar-refractivity contribution in [3.8, 4) is 0 Å². The molecule has 0 saturated heterocycles. The molecule has 3 aromatic rings. The Morgan fingerprint density at radius 2 is 1.79 bits per heavy atom. The predicted octanol–water partition coefficient (Wildman–Crippen LogP) is 5.02. The minimum Gasteiger partial charge on any atom is -0.330 e. The molecule has 1 aliphatic heterocycles. The first-order valence-electron chi connectivity index (χ1n) is 11.4. The summed E-state index contributed by atoms with van der Waals surface area (Å²) in [5.74, 6) is -0.157. The SMILES string of the molecule is CCCCN(CC(=O)N1CCc2sccc2C1c1ccccc1C)S(=O)(=O)c1ccccc1. The number of benzene rings is 2. The Hall–Kier alpha value is -2.48. The summed E-state index contributed by atoms with van der Waals surface area (Å²) in [6.45, 7) is 4.83. The molecular formula is C26H30N2O3S2. The van der Waals surface area contributed by atoms with Crippen LogP contribution in [0.5, 0.6) is 0 Å². The molecule has 0 radical (unpaired) electrons. The van der Waals surface area contributed by atoms with Crippen LogP contribution < -0.4 is 0 Å². The Labute approximate surface area is 200 Å². The first kappa shape index (κ1) is 23.7. The number of fused-ring (bicyclic) bond motifs is 1. The molecule has 174 valence electrons. The van der Waals surface area contributed by atoms with E-state index in [0.717, 1.165) is 29.5 Å². The molecule has 1 aromatic heterocycles. The number of hydrogen-bond donors (Lipinski definition) is 0. The van der Waals surface area contributed by atoms with E-state index in [4.69, 9.17) is 0 Å². The highest BCUT2D eigenvalue weighted by atomic mass is 32.2. The zero-order valence-electron chi connectivity index (χ0n) is 19.1. The molecule has 4 rings (SSSR count). The summed E-state index contributed by atoms with van der Waals surface area (Å²) in [5.41, 5.74) is 3.37. The van der Waals surface area contributed by atoms with Crippen LogP contribution in [0.1, 0.15) is 47.4 Å². The Morgan fingerprint density at radius 3 is 2.52 bits per heavy atom. The molecule has 5 nitrogen and oxygen atoms in total. The second-order valence-corrected chi connectivity index (χ2v) is 11.3. The summed E-state index contributed by atoms with van der Waals surface area (Å²) in [6, 6.07) is 18.4. The molecule has 0 fully saturated rings. The normalized spacial score (nSPS) is 16.1. The first-order valence-corrected chi connectivity index (χ1v) is 13.7. The summed E-state index contributed by atoms with van der Waals surface area (Å²) < 4.78 is 28.1. The van der Waals surface area contributed by atoms with Crippen molar-refractivity contribution >= 4 is 27.3 Å². The van der Waals surface area contributed by atoms with Gasteiger partial charge in [-0.15, -0.1) is 11.3 Å². The summed E-state index contributed by atoms with van der Waals surface area (Å²) in [5, 5.41) is 2.08. The lowest BCUT2D eigenvalue weighted by atomic mass is 9.90. The Kier molecular flexibility index (Phi) is 7.32. The van der Waals surface area contributed by atoms with Gasteiger partial charge in [-0.3, -0.25) is 4.79 Å². The summed E-state index contributed by atoms with van der Waals surface area (Å²) >= 11 is 1.73. The summed E-state index contributed by atoms with van der Waals surface area (Å²) in [7, 11) is -3.76. The zero-order chi connectivity index (χ0) is 23.4. The van der Waals surface area contributed by atoms with Gasteiger partial charge in [0, 0.05) is 18.0 Å². The number of aryl methyl sites for hydroxylation is 1. The van der Waals surface area contributed by atoms with Crippen LogP contribution in [0.3, 0.4) is 0 Å². The van der Waals surface area contributed by atoms with Crippen LogP contribution in [0.4, 0.5) is 0 Å². The molecule has 2 heterocycles. The van der Waals surface area contributed by atoms with Crippen LogP contribution in [-0.4, -0.2) is 43.2 Å². The van der Waals surface area contributed by atoms with Crippen LogP contribution in [0.25, 0.3) is 0 Å². The molecule has 1 unspecified atom stereocenters. The second kappa shape index (κ2) is 10.2. The zero-order valence-corrected chi connectivity index (χ0v) is 20.7. The van der Waals surface area contributed by atoms with Gasteiger partial charge in [-0.1, -0.05) is 55.8 Å². The van der Waals surface area contributed by atoms with Crippen molar-refractivity contribution < 1.29 is 13.2 Å². The monoisotopic (exact) mass is 482 g/mol. The van der Waals surface area contributed by atoms with E-state index in [1.165, 1.54) is 9.18 Å². The molecular weight excluding hydrogens is 452 g/mol. The van der Waals surface area contributed by atoms with Crippen molar-refractivity contribution in [1.29, 1.82) is 0 Å². The fourth-order valence-electron chi connectivity index (χ4n) is 4.42. The van der Waals surface area contributed by atoms with E-state index in [9.17, 15) is 13.2 Å². The van der Waals surface area contributed by atoms with Crippen molar-refractivity contribution in [2.24, 2.45) is 0 Å². The van der Waals surface area contributed by atoms with Crippen LogP contribution in [0.2, 0.25) is 0 Å². The van der Waals surface area contributed by atoms with Gasteiger partial charge in [-0.05, 0) is 60.0 Å². The quantitative estimate of drug-likeness (QED) is 0.453. The summed E-state index contributed by atoms with van der Waals surface area (Å²) in [4.78, 5) is 17.1. The van der Waals surface area contributed by atoms with Gasteiger partial charge in [0.2, 0.25) is 15.9 Å². The van der Waals surface area contributed by atoms with Crippen molar-refractivity contribution in [3.05, 3.63) is 87.6 Å². The third-order valence-corrected chi connectivity index (χ3v) is 9.08. The van der Waals surface area contributed by atoms with Gasteiger partial charge >= 0.3 is 0 Å². The largest absolute Gasteiger partial charge is 0.330 e. The number of carbonyl (C=O) groups is 1. The minimum atomic E-state index is -3.76. The van der Waals surface area contributed by atoms with Crippen molar-refractivity contribution in [3.63, 3.8) is 0 Å². The van der Waals surface area contributed by atoms with E-state index in [0.29, 0.717) is 19.5 Å². The molecule has 0 N–H and O–H groups in total. The van der Waals surface area contributed by atoms with Gasteiger partial charge in [-0.2, -0.15) is 4.31 Å². The van der Waals surface area contributed by atoms with Crippen LogP contribution in [-0.2, 0) is 21.2 Å². The second-order valence-electron chi connectivity index (χ2n) is 8.40. The Morgan fingerprint density at radius 1 is 1.06 bits per heavy atom. The average Bonchev–Trinajstić information content (AvgIpc) is 3.31. The third kappa shape index (κ3) is 4.90. The molecule has 1 atom stereocenters. The average molecular weight is 483 g/mol. The highest BCUT2D eigenvalue weighted by Crippen LogP contribution is 2.39. The van der Waals surface area contributed by atoms with E-state index in [-0.39, 0.29) is 23.4 Å². The van der Waals surface area contributed by atoms with E-state index >= 15 is 0 Å². The molecule has 2 aromatic carbocycles. The van der Waals surface area contributed by atoms with E-state index in [1.807, 2.05) is 24.0 Å². The predicted molar refractivity (Wildman–Crippen MR) is 133 cm³/mol. The summed E-state index contributed by atoms with van der Waals surface area (Å²) in [6.07, 6.45) is 2.35. The maximum atomic E-state index is 13.7. The number of amides is 1. The first-order chi connectivity index (χ1) is 15.9. The number of rotatable bonds is 8. The number of hydrogen-bond acceptors (Lipinski definition) is 4. The number of nitrogens with zero attached hydrogens (tertiary/aromatic N) is 2. The number of carbonyl (C=O) groups excluding carboxylic acids is 1. The van der Waals surface area contributed by atoms with E-state index in [2.05, 4.69) is 30.5 Å². The van der Waals surface area contributed by atoms with E-state index < -0.39 is 10.0 Å². The van der Waals surface area contributed by atoms with Crippen molar-refractivity contribution in [2.75, 3.05) is 19.6 Å². The Balaban J connectivity index is 1.67. The standard InChI is InChI=1S/C26H30N2O3S2/c1-3-4-16-27(33(30,31)21-11-6-5-7-12-21)19-25(29)28-17-14-24-23(15-18-32-24)26(28)22-13-9-8-10-20(22)2/h5-13,15,18,26H,3-4,14,16-17,19H2,1-2H3. The molecule has 1 aliphatic rings. The minimum absolute atomic E-state index is 0.154. The number of unbranched alkanes of at least 4 members (excludes halogenated alkanes) is 1. The molecule has 0 saturated carbocycles. The van der Waals surface area contributed by atoms with Gasteiger partial charge in [0.25, 0.3) is 0 Å². The van der Waals surface area contributed by atoms with Gasteiger partial charge < -0.3 is 4.90 Å². The van der Waals surface area contributed by atoms with E-state index in [1.54, 1.807) is 41.7 Å². The van der Waals surface area contributed by atoms with Crippen molar-refractivity contribution in [2.45, 2.75) is 44.0 Å². The maximum Gasteiger partial charge on any atom is 0.243 e. The van der Waals surface area contributed by atoms with Crippen LogP contribution in [0.15, 0.2) is 70.9 Å².